The van der Waals surface area contributed by atoms with Crippen LogP contribution < -0.4 is 0 Å². The third-order valence-electron chi connectivity index (χ3n) is 3.71. The number of rotatable bonds is 3. The van der Waals surface area contributed by atoms with Crippen LogP contribution in [0.4, 0.5) is 0 Å². The maximum absolute atomic E-state index is 11.6. The second kappa shape index (κ2) is 5.10. The molecule has 3 rings (SSSR count). The van der Waals surface area contributed by atoms with E-state index in [0.717, 1.165) is 5.39 Å². The summed E-state index contributed by atoms with van der Waals surface area (Å²) in [6, 6.07) is 11.5. The minimum atomic E-state index is -1.59. The fourth-order valence-electron chi connectivity index (χ4n) is 2.77. The summed E-state index contributed by atoms with van der Waals surface area (Å²) in [6.45, 7) is 0. The van der Waals surface area contributed by atoms with Crippen molar-refractivity contribution < 1.29 is 29.7 Å². The lowest BCUT2D eigenvalue weighted by Crippen LogP contribution is -2.15. The molecule has 114 valence electrons. The molecule has 0 fully saturated rings. The van der Waals surface area contributed by atoms with E-state index in [1.54, 1.807) is 30.3 Å². The molecule has 0 spiro atoms. The van der Waals surface area contributed by atoms with Gasteiger partial charge in [0, 0.05) is 0 Å². The summed E-state index contributed by atoms with van der Waals surface area (Å²) < 4.78 is 0. The number of benzene rings is 3. The van der Waals surface area contributed by atoms with Crippen LogP contribution in [0.2, 0.25) is 0 Å². The molecule has 0 radical (unpaired) electrons. The van der Waals surface area contributed by atoms with Crippen LogP contribution in [0.1, 0.15) is 31.1 Å². The van der Waals surface area contributed by atoms with E-state index in [9.17, 15) is 29.7 Å². The zero-order valence-electron chi connectivity index (χ0n) is 11.6. The van der Waals surface area contributed by atoms with Gasteiger partial charge in [-0.2, -0.15) is 0 Å². The normalized spacial score (nSPS) is 10.8. The van der Waals surface area contributed by atoms with Crippen molar-refractivity contribution in [2.45, 2.75) is 0 Å². The highest BCUT2D eigenvalue weighted by Gasteiger charge is 2.27. The second-order valence-electron chi connectivity index (χ2n) is 4.97. The summed E-state index contributed by atoms with van der Waals surface area (Å²) in [5.41, 5.74) is -1.77. The van der Waals surface area contributed by atoms with Gasteiger partial charge in [0.1, 0.15) is 0 Å². The lowest BCUT2D eigenvalue weighted by Gasteiger charge is -2.12. The van der Waals surface area contributed by atoms with E-state index in [1.165, 1.54) is 12.1 Å². The first-order valence-electron chi connectivity index (χ1n) is 6.60. The topological polar surface area (TPSA) is 112 Å². The number of hydrogen-bond acceptors (Lipinski definition) is 3. The number of fused-ring (bicyclic) bond motifs is 3. The Balaban J connectivity index is 2.63. The fourth-order valence-corrected chi connectivity index (χ4v) is 2.77. The zero-order valence-corrected chi connectivity index (χ0v) is 11.6. The van der Waals surface area contributed by atoms with E-state index in [0.29, 0.717) is 10.8 Å². The quantitative estimate of drug-likeness (QED) is 0.641. The van der Waals surface area contributed by atoms with Crippen molar-refractivity contribution in [1.82, 2.24) is 0 Å². The van der Waals surface area contributed by atoms with E-state index in [-0.39, 0.29) is 5.39 Å². The molecule has 0 aliphatic rings. The van der Waals surface area contributed by atoms with Gasteiger partial charge in [-0.15, -0.1) is 0 Å². The van der Waals surface area contributed by atoms with Gasteiger partial charge in [-0.3, -0.25) is 0 Å². The molecule has 0 atom stereocenters. The van der Waals surface area contributed by atoms with Crippen LogP contribution in [0.25, 0.3) is 21.5 Å². The number of carboxylic acids is 3. The minimum absolute atomic E-state index is 0.193. The molecule has 6 nitrogen and oxygen atoms in total. The maximum atomic E-state index is 11.6. The summed E-state index contributed by atoms with van der Waals surface area (Å²) in [5.74, 6) is -4.56. The zero-order chi connectivity index (χ0) is 16.7. The molecule has 0 aromatic heterocycles. The molecule has 3 aromatic rings. The lowest BCUT2D eigenvalue weighted by molar-refractivity contribution is 0.0634. The van der Waals surface area contributed by atoms with Crippen molar-refractivity contribution in [2.24, 2.45) is 0 Å². The van der Waals surface area contributed by atoms with Gasteiger partial charge in [0.25, 0.3) is 0 Å². The first kappa shape index (κ1) is 14.5. The van der Waals surface area contributed by atoms with Crippen molar-refractivity contribution in [2.75, 3.05) is 0 Å². The molecule has 6 heteroatoms. The monoisotopic (exact) mass is 310 g/mol. The molecule has 0 unspecified atom stereocenters. The molecular weight excluding hydrogens is 300 g/mol. The van der Waals surface area contributed by atoms with Gasteiger partial charge in [-0.25, -0.2) is 14.4 Å². The Bertz CT molecular complexity index is 1000. The average molecular weight is 310 g/mol. The SMILES string of the molecule is O=C(O)c1cc2c(ccc3ccccc32)c(C(=O)O)c1C(=O)O. The van der Waals surface area contributed by atoms with Crippen molar-refractivity contribution in [3.8, 4) is 0 Å². The lowest BCUT2D eigenvalue weighted by atomic mass is 9.91. The number of aromatic carboxylic acids is 3. The highest BCUT2D eigenvalue weighted by atomic mass is 16.4. The summed E-state index contributed by atoms with van der Waals surface area (Å²) in [5, 5.41) is 30.1. The molecule has 3 N–H and O–H groups in total. The van der Waals surface area contributed by atoms with Gasteiger partial charge in [0.2, 0.25) is 0 Å². The average Bonchev–Trinajstić information content (AvgIpc) is 2.52. The predicted molar refractivity (Wildman–Crippen MR) is 82.3 cm³/mol. The van der Waals surface area contributed by atoms with Crippen molar-refractivity contribution in [3.63, 3.8) is 0 Å². The van der Waals surface area contributed by atoms with Crippen molar-refractivity contribution in [1.29, 1.82) is 0 Å². The van der Waals surface area contributed by atoms with Crippen LogP contribution in [-0.4, -0.2) is 33.2 Å². The third-order valence-corrected chi connectivity index (χ3v) is 3.71. The summed E-state index contributed by atoms with van der Waals surface area (Å²) in [7, 11) is 0. The molecule has 0 bridgehead atoms. The predicted octanol–water partition coefficient (Wildman–Crippen LogP) is 3.09. The molecule has 3 aromatic carbocycles. The first-order valence-corrected chi connectivity index (χ1v) is 6.60. The van der Waals surface area contributed by atoms with E-state index in [1.807, 2.05) is 0 Å². The molecule has 0 saturated heterocycles. The van der Waals surface area contributed by atoms with Crippen molar-refractivity contribution >= 4 is 39.5 Å². The van der Waals surface area contributed by atoms with Crippen LogP contribution in [0, 0.1) is 0 Å². The Kier molecular flexibility index (Phi) is 3.22. The molecule has 0 heterocycles. The number of carboxylic acid groups (broad SMARTS) is 3. The van der Waals surface area contributed by atoms with E-state index < -0.39 is 34.6 Å². The molecule has 0 aliphatic carbocycles. The van der Waals surface area contributed by atoms with Gasteiger partial charge >= 0.3 is 17.9 Å². The molecular formula is C17H10O6. The first-order chi connectivity index (χ1) is 10.9. The number of hydrogen-bond donors (Lipinski definition) is 3. The van der Waals surface area contributed by atoms with Crippen LogP contribution >= 0.6 is 0 Å². The van der Waals surface area contributed by atoms with Crippen LogP contribution in [0.3, 0.4) is 0 Å². The van der Waals surface area contributed by atoms with Crippen molar-refractivity contribution in [3.05, 3.63) is 59.2 Å². The van der Waals surface area contributed by atoms with E-state index >= 15 is 0 Å². The maximum Gasteiger partial charge on any atom is 0.337 e. The summed E-state index contributed by atoms with van der Waals surface area (Å²) in [4.78, 5) is 34.5. The van der Waals surface area contributed by atoms with E-state index in [4.69, 9.17) is 0 Å². The molecule has 23 heavy (non-hydrogen) atoms. The highest BCUT2D eigenvalue weighted by Crippen LogP contribution is 2.32. The largest absolute Gasteiger partial charge is 0.478 e. The Morgan fingerprint density at radius 3 is 1.91 bits per heavy atom. The Morgan fingerprint density at radius 1 is 0.652 bits per heavy atom. The smallest absolute Gasteiger partial charge is 0.337 e. The van der Waals surface area contributed by atoms with Gasteiger partial charge < -0.3 is 15.3 Å². The summed E-state index contributed by atoms with van der Waals surface area (Å²) in [6.07, 6.45) is 0. The van der Waals surface area contributed by atoms with Gasteiger partial charge in [-0.05, 0) is 27.6 Å². The van der Waals surface area contributed by atoms with Crippen LogP contribution in [-0.2, 0) is 0 Å². The standard InChI is InChI=1S/C17H10O6/c18-15(19)12-7-11-9-4-2-1-3-8(9)5-6-10(11)13(16(20)21)14(12)17(22)23/h1-7H,(H,18,19)(H,20,21)(H,22,23). The highest BCUT2D eigenvalue weighted by molar-refractivity contribution is 6.21. The summed E-state index contributed by atoms with van der Waals surface area (Å²) >= 11 is 0. The van der Waals surface area contributed by atoms with Gasteiger partial charge in [0.15, 0.2) is 0 Å². The van der Waals surface area contributed by atoms with E-state index in [2.05, 4.69) is 0 Å². The Morgan fingerprint density at radius 2 is 1.30 bits per heavy atom. The van der Waals surface area contributed by atoms with Gasteiger partial charge in [0.05, 0.1) is 16.7 Å². The third kappa shape index (κ3) is 2.17. The molecule has 0 amide bonds. The Labute approximate surface area is 129 Å². The van der Waals surface area contributed by atoms with Crippen LogP contribution in [0.5, 0.6) is 0 Å². The molecule has 0 aliphatic heterocycles. The van der Waals surface area contributed by atoms with Gasteiger partial charge in [-0.1, -0.05) is 36.4 Å². The van der Waals surface area contributed by atoms with Crippen LogP contribution in [0.15, 0.2) is 42.5 Å². The Hall–Kier alpha value is -3.41. The number of carbonyl (C=O) groups is 3. The molecule has 0 saturated carbocycles. The minimum Gasteiger partial charge on any atom is -0.478 e. The fraction of sp³-hybridized carbons (Fsp3) is 0. The second-order valence-corrected chi connectivity index (χ2v) is 4.97.